The van der Waals surface area contributed by atoms with Crippen LogP contribution in [0.4, 0.5) is 5.13 Å². The Morgan fingerprint density at radius 2 is 2.03 bits per heavy atom. The fourth-order valence-corrected chi connectivity index (χ4v) is 5.95. The number of ether oxygens (including phenoxy) is 1. The summed E-state index contributed by atoms with van der Waals surface area (Å²) in [5.41, 5.74) is 4.77. The van der Waals surface area contributed by atoms with Gasteiger partial charge in [-0.2, -0.15) is 4.31 Å². The number of nitrogens with zero attached hydrogens (tertiary/aromatic N) is 3. The third kappa shape index (κ3) is 4.31. The van der Waals surface area contributed by atoms with E-state index in [0.29, 0.717) is 37.7 Å². The summed E-state index contributed by atoms with van der Waals surface area (Å²) >= 11 is 1.55. The molecule has 9 heteroatoms. The van der Waals surface area contributed by atoms with E-state index in [1.54, 1.807) is 35.6 Å². The van der Waals surface area contributed by atoms with E-state index in [2.05, 4.69) is 27.5 Å². The Morgan fingerprint density at radius 3 is 2.77 bits per heavy atom. The van der Waals surface area contributed by atoms with Gasteiger partial charge in [0.15, 0.2) is 5.13 Å². The molecular weight excluding hydrogens is 432 g/mol. The molecule has 0 aliphatic carbocycles. The molecule has 4 rings (SSSR count). The lowest BCUT2D eigenvalue weighted by molar-refractivity contribution is 0.0730. The molecule has 1 aliphatic rings. The van der Waals surface area contributed by atoms with Gasteiger partial charge in [0.1, 0.15) is 0 Å². The number of rotatable bonds is 7. The molecule has 1 fully saturated rings. The highest BCUT2D eigenvalue weighted by Crippen LogP contribution is 2.32. The first-order valence-corrected chi connectivity index (χ1v) is 12.4. The maximum atomic E-state index is 13.1. The molecule has 1 aromatic carbocycles. The van der Waals surface area contributed by atoms with E-state index in [1.807, 2.05) is 25.3 Å². The zero-order valence-electron chi connectivity index (χ0n) is 17.7. The molecule has 0 atom stereocenters. The van der Waals surface area contributed by atoms with Crippen LogP contribution in [-0.2, 0) is 14.8 Å². The van der Waals surface area contributed by atoms with E-state index in [0.717, 1.165) is 33.5 Å². The highest BCUT2D eigenvalue weighted by molar-refractivity contribution is 7.89. The SMILES string of the molecule is C=CCNc1nc(-c2cc(C)n(-c3cccc(S(=O)(=O)N4CCOCC4)c3)c2C)cs1. The molecule has 0 radical (unpaired) electrons. The van der Waals surface area contributed by atoms with Gasteiger partial charge in [-0.05, 0) is 38.1 Å². The highest BCUT2D eigenvalue weighted by Gasteiger charge is 2.27. The minimum absolute atomic E-state index is 0.297. The molecule has 1 aliphatic heterocycles. The summed E-state index contributed by atoms with van der Waals surface area (Å²) in [5, 5.41) is 6.08. The average molecular weight is 459 g/mol. The van der Waals surface area contributed by atoms with Crippen molar-refractivity contribution < 1.29 is 13.2 Å². The van der Waals surface area contributed by atoms with Crippen LogP contribution in [0.5, 0.6) is 0 Å². The first kappa shape index (κ1) is 21.8. The minimum Gasteiger partial charge on any atom is -0.379 e. The Labute approximate surface area is 187 Å². The monoisotopic (exact) mass is 458 g/mol. The van der Waals surface area contributed by atoms with E-state index < -0.39 is 10.0 Å². The molecule has 0 unspecified atom stereocenters. The van der Waals surface area contributed by atoms with E-state index in [4.69, 9.17) is 4.74 Å². The number of sulfonamides is 1. The predicted octanol–water partition coefficient (Wildman–Crippen LogP) is 3.84. The van der Waals surface area contributed by atoms with Crippen molar-refractivity contribution in [3.8, 4) is 16.9 Å². The Hall–Kier alpha value is -2.46. The van der Waals surface area contributed by atoms with Gasteiger partial charge in [-0.25, -0.2) is 13.4 Å². The second-order valence-electron chi connectivity index (χ2n) is 7.34. The van der Waals surface area contributed by atoms with Gasteiger partial charge in [-0.15, -0.1) is 17.9 Å². The molecule has 0 amide bonds. The van der Waals surface area contributed by atoms with Crippen LogP contribution >= 0.6 is 11.3 Å². The summed E-state index contributed by atoms with van der Waals surface area (Å²) in [6, 6.07) is 9.21. The largest absolute Gasteiger partial charge is 0.379 e. The third-order valence-electron chi connectivity index (χ3n) is 5.29. The lowest BCUT2D eigenvalue weighted by Crippen LogP contribution is -2.40. The summed E-state index contributed by atoms with van der Waals surface area (Å²) in [4.78, 5) is 4.97. The maximum Gasteiger partial charge on any atom is 0.243 e. The second kappa shape index (κ2) is 8.96. The van der Waals surface area contributed by atoms with Gasteiger partial charge >= 0.3 is 0 Å². The number of benzene rings is 1. The van der Waals surface area contributed by atoms with Crippen LogP contribution in [0.2, 0.25) is 0 Å². The fourth-order valence-electron chi connectivity index (χ4n) is 3.78. The fraction of sp³-hybridized carbons (Fsp3) is 0.318. The van der Waals surface area contributed by atoms with Crippen molar-refractivity contribution in [1.29, 1.82) is 0 Å². The Balaban J connectivity index is 1.68. The molecular formula is C22H26N4O3S2. The topological polar surface area (TPSA) is 76.5 Å². The molecule has 0 bridgehead atoms. The zero-order valence-corrected chi connectivity index (χ0v) is 19.3. The van der Waals surface area contributed by atoms with Crippen LogP contribution in [0, 0.1) is 13.8 Å². The Morgan fingerprint density at radius 1 is 1.26 bits per heavy atom. The molecule has 164 valence electrons. The van der Waals surface area contributed by atoms with Crippen LogP contribution in [0.25, 0.3) is 16.9 Å². The lowest BCUT2D eigenvalue weighted by atomic mass is 10.2. The highest BCUT2D eigenvalue weighted by atomic mass is 32.2. The number of morpholine rings is 1. The normalized spacial score (nSPS) is 15.2. The molecule has 31 heavy (non-hydrogen) atoms. The quantitative estimate of drug-likeness (QED) is 0.545. The van der Waals surface area contributed by atoms with Crippen molar-refractivity contribution >= 4 is 26.5 Å². The van der Waals surface area contributed by atoms with Gasteiger partial charge in [0.05, 0.1) is 23.8 Å². The number of anilines is 1. The van der Waals surface area contributed by atoms with Crippen molar-refractivity contribution in [2.45, 2.75) is 18.7 Å². The molecule has 3 heterocycles. The van der Waals surface area contributed by atoms with Gasteiger partial charge in [0.25, 0.3) is 0 Å². The first-order valence-electron chi connectivity index (χ1n) is 10.1. The number of aryl methyl sites for hydroxylation is 1. The average Bonchev–Trinajstić information content (AvgIpc) is 3.36. The Kier molecular flexibility index (Phi) is 6.29. The molecule has 2 aromatic heterocycles. The third-order valence-corrected chi connectivity index (χ3v) is 7.99. The maximum absolute atomic E-state index is 13.1. The van der Waals surface area contributed by atoms with Crippen LogP contribution in [0.15, 0.2) is 53.3 Å². The first-order chi connectivity index (χ1) is 14.9. The van der Waals surface area contributed by atoms with Crippen molar-refractivity contribution in [2.24, 2.45) is 0 Å². The molecule has 0 saturated carbocycles. The van der Waals surface area contributed by atoms with E-state index in [1.165, 1.54) is 4.31 Å². The number of hydrogen-bond donors (Lipinski definition) is 1. The number of aromatic nitrogens is 2. The summed E-state index contributed by atoms with van der Waals surface area (Å²) in [6.07, 6.45) is 1.80. The summed E-state index contributed by atoms with van der Waals surface area (Å²) in [5.74, 6) is 0. The number of nitrogens with one attached hydrogen (secondary N) is 1. The smallest absolute Gasteiger partial charge is 0.243 e. The predicted molar refractivity (Wildman–Crippen MR) is 125 cm³/mol. The molecule has 1 saturated heterocycles. The van der Waals surface area contributed by atoms with Gasteiger partial charge < -0.3 is 14.6 Å². The van der Waals surface area contributed by atoms with Crippen molar-refractivity contribution in [3.63, 3.8) is 0 Å². The van der Waals surface area contributed by atoms with Crippen molar-refractivity contribution in [2.75, 3.05) is 38.2 Å². The van der Waals surface area contributed by atoms with Crippen LogP contribution < -0.4 is 5.32 Å². The standard InChI is InChI=1S/C22H26N4O3S2/c1-4-8-23-22-24-21(15-30-22)20-13-16(2)26(17(20)3)18-6-5-7-19(14-18)31(27,28)25-9-11-29-12-10-25/h4-7,13-15H,1,8-12H2,2-3H3,(H,23,24). The van der Waals surface area contributed by atoms with Crippen LogP contribution in [0.1, 0.15) is 11.4 Å². The Bertz CT molecular complexity index is 1190. The molecule has 7 nitrogen and oxygen atoms in total. The van der Waals surface area contributed by atoms with E-state index >= 15 is 0 Å². The molecule has 1 N–H and O–H groups in total. The zero-order chi connectivity index (χ0) is 22.0. The van der Waals surface area contributed by atoms with E-state index in [-0.39, 0.29) is 0 Å². The summed E-state index contributed by atoms with van der Waals surface area (Å²) in [7, 11) is -3.56. The van der Waals surface area contributed by atoms with Gasteiger partial charge in [0.2, 0.25) is 10.0 Å². The van der Waals surface area contributed by atoms with Crippen LogP contribution in [-0.4, -0.2) is 55.1 Å². The van der Waals surface area contributed by atoms with Gasteiger partial charge in [-0.1, -0.05) is 12.1 Å². The minimum atomic E-state index is -3.56. The number of thiazole rings is 1. The molecule has 3 aromatic rings. The van der Waals surface area contributed by atoms with Crippen LogP contribution in [0.3, 0.4) is 0 Å². The van der Waals surface area contributed by atoms with Gasteiger partial charge in [-0.3, -0.25) is 0 Å². The van der Waals surface area contributed by atoms with Crippen molar-refractivity contribution in [3.05, 3.63) is 59.8 Å². The summed E-state index contributed by atoms with van der Waals surface area (Å²) in [6.45, 7) is 10.0. The number of hydrogen-bond acceptors (Lipinski definition) is 6. The van der Waals surface area contributed by atoms with Gasteiger partial charge in [0, 0.05) is 47.7 Å². The lowest BCUT2D eigenvalue weighted by Gasteiger charge is -2.26. The summed E-state index contributed by atoms with van der Waals surface area (Å²) < 4.78 is 35.1. The molecule has 0 spiro atoms. The van der Waals surface area contributed by atoms with Crippen molar-refractivity contribution in [1.82, 2.24) is 13.9 Å². The van der Waals surface area contributed by atoms with E-state index in [9.17, 15) is 8.42 Å². The second-order valence-corrected chi connectivity index (χ2v) is 10.1.